The number of carbonyl (C=O) groups is 2. The van der Waals surface area contributed by atoms with Gasteiger partial charge in [0.1, 0.15) is 6.54 Å². The zero-order chi connectivity index (χ0) is 12.7. The Labute approximate surface area is 102 Å². The Kier molecular flexibility index (Phi) is 5.80. The van der Waals surface area contributed by atoms with E-state index >= 15 is 0 Å². The van der Waals surface area contributed by atoms with Crippen LogP contribution in [0.15, 0.2) is 0 Å². The van der Waals surface area contributed by atoms with Crippen molar-refractivity contribution in [3.63, 3.8) is 0 Å². The molecule has 0 spiro atoms. The molecule has 0 aromatic rings. The molecule has 0 aromatic carbocycles. The zero-order valence-corrected chi connectivity index (χ0v) is 10.7. The van der Waals surface area contributed by atoms with Crippen LogP contribution in [-0.2, 0) is 9.53 Å². The number of carbonyl (C=O) groups excluding carboxylic acids is 2. The van der Waals surface area contributed by atoms with Crippen LogP contribution in [0.1, 0.15) is 39.0 Å². The van der Waals surface area contributed by atoms with E-state index in [1.54, 1.807) is 14.0 Å². The van der Waals surface area contributed by atoms with Crippen LogP contribution in [0.2, 0.25) is 0 Å². The zero-order valence-electron chi connectivity index (χ0n) is 10.7. The maximum Gasteiger partial charge on any atom is 0.325 e. The largest absolute Gasteiger partial charge is 0.465 e. The van der Waals surface area contributed by atoms with Crippen LogP contribution in [0, 0.1) is 0 Å². The summed E-state index contributed by atoms with van der Waals surface area (Å²) in [5.41, 5.74) is 0. The summed E-state index contributed by atoms with van der Waals surface area (Å²) in [5, 5.41) is 2.95. The summed E-state index contributed by atoms with van der Waals surface area (Å²) in [6, 6.07) is 0.0749. The van der Waals surface area contributed by atoms with Gasteiger partial charge in [-0.25, -0.2) is 4.79 Å². The van der Waals surface area contributed by atoms with E-state index < -0.39 is 0 Å². The molecule has 1 N–H and O–H groups in total. The van der Waals surface area contributed by atoms with Crippen molar-refractivity contribution in [2.45, 2.75) is 45.1 Å². The molecule has 98 valence electrons. The highest BCUT2D eigenvalue weighted by molar-refractivity contribution is 5.80. The number of esters is 1. The van der Waals surface area contributed by atoms with Crippen molar-refractivity contribution in [2.24, 2.45) is 0 Å². The van der Waals surface area contributed by atoms with Crippen LogP contribution >= 0.6 is 0 Å². The predicted octanol–water partition coefficient (Wildman–Crippen LogP) is 1.52. The van der Waals surface area contributed by atoms with E-state index in [9.17, 15) is 9.59 Å². The van der Waals surface area contributed by atoms with Crippen molar-refractivity contribution >= 4 is 12.0 Å². The van der Waals surface area contributed by atoms with Gasteiger partial charge in [-0.1, -0.05) is 19.3 Å². The fourth-order valence-corrected chi connectivity index (χ4v) is 2.00. The highest BCUT2D eigenvalue weighted by atomic mass is 16.5. The van der Waals surface area contributed by atoms with Gasteiger partial charge >= 0.3 is 12.0 Å². The molecule has 0 saturated heterocycles. The minimum atomic E-state index is -0.367. The molecule has 5 heteroatoms. The number of amides is 2. The number of nitrogens with one attached hydrogen (secondary N) is 1. The smallest absolute Gasteiger partial charge is 0.325 e. The molecule has 1 aliphatic carbocycles. The molecule has 0 radical (unpaired) electrons. The predicted molar refractivity (Wildman–Crippen MR) is 64.7 cm³/mol. The molecular formula is C12H22N2O3. The second-order valence-corrected chi connectivity index (χ2v) is 4.45. The molecule has 0 heterocycles. The monoisotopic (exact) mass is 242 g/mol. The van der Waals surface area contributed by atoms with Crippen molar-refractivity contribution < 1.29 is 14.3 Å². The quantitative estimate of drug-likeness (QED) is 0.760. The van der Waals surface area contributed by atoms with Gasteiger partial charge < -0.3 is 15.0 Å². The summed E-state index contributed by atoms with van der Waals surface area (Å²) < 4.78 is 4.79. The number of hydrogen-bond acceptors (Lipinski definition) is 3. The van der Waals surface area contributed by atoms with Crippen molar-refractivity contribution in [1.29, 1.82) is 0 Å². The minimum Gasteiger partial charge on any atom is -0.465 e. The Morgan fingerprint density at radius 3 is 2.53 bits per heavy atom. The maximum atomic E-state index is 11.8. The third-order valence-corrected chi connectivity index (χ3v) is 2.95. The van der Waals surface area contributed by atoms with Gasteiger partial charge in [-0.15, -0.1) is 0 Å². The van der Waals surface area contributed by atoms with Gasteiger partial charge in [-0.05, 0) is 19.8 Å². The standard InChI is InChI=1S/C12H22N2O3/c1-3-17-11(15)9-14(2)12(16)13-10-7-5-4-6-8-10/h10H,3-9H2,1-2H3,(H,13,16). The van der Waals surface area contributed by atoms with Gasteiger partial charge in [0.25, 0.3) is 0 Å². The number of likely N-dealkylation sites (N-methyl/N-ethyl adjacent to an activating group) is 1. The summed E-state index contributed by atoms with van der Waals surface area (Å²) in [6.07, 6.45) is 5.68. The lowest BCUT2D eigenvalue weighted by Crippen LogP contribution is -2.45. The number of urea groups is 1. The molecule has 1 saturated carbocycles. The Hall–Kier alpha value is -1.26. The number of hydrogen-bond donors (Lipinski definition) is 1. The van der Waals surface area contributed by atoms with Gasteiger partial charge in [0.15, 0.2) is 0 Å². The average Bonchev–Trinajstić information content (AvgIpc) is 2.30. The van der Waals surface area contributed by atoms with Gasteiger partial charge in [-0.2, -0.15) is 0 Å². The molecule has 0 aromatic heterocycles. The Morgan fingerprint density at radius 2 is 1.94 bits per heavy atom. The molecular weight excluding hydrogens is 220 g/mol. The van der Waals surface area contributed by atoms with Crippen LogP contribution in [0.3, 0.4) is 0 Å². The lowest BCUT2D eigenvalue weighted by molar-refractivity contribution is -0.143. The average molecular weight is 242 g/mol. The molecule has 17 heavy (non-hydrogen) atoms. The number of ether oxygens (including phenoxy) is 1. The molecule has 1 fully saturated rings. The van der Waals surface area contributed by atoms with Crippen LogP contribution < -0.4 is 5.32 Å². The first-order valence-electron chi connectivity index (χ1n) is 6.30. The maximum absolute atomic E-state index is 11.8. The van der Waals surface area contributed by atoms with Crippen LogP contribution in [0.25, 0.3) is 0 Å². The molecule has 2 amide bonds. The summed E-state index contributed by atoms with van der Waals surface area (Å²) in [5.74, 6) is -0.367. The third kappa shape index (κ3) is 5.06. The van der Waals surface area contributed by atoms with Gasteiger partial charge in [-0.3, -0.25) is 4.79 Å². The molecule has 0 atom stereocenters. The molecule has 1 rings (SSSR count). The van der Waals surface area contributed by atoms with Gasteiger partial charge in [0.05, 0.1) is 6.61 Å². The molecule has 5 nitrogen and oxygen atoms in total. The molecule has 0 unspecified atom stereocenters. The van der Waals surface area contributed by atoms with Crippen LogP contribution in [0.5, 0.6) is 0 Å². The lowest BCUT2D eigenvalue weighted by atomic mass is 9.96. The van der Waals surface area contributed by atoms with Crippen molar-refractivity contribution in [2.75, 3.05) is 20.2 Å². The number of rotatable bonds is 4. The van der Waals surface area contributed by atoms with Gasteiger partial charge in [0, 0.05) is 13.1 Å². The van der Waals surface area contributed by atoms with E-state index in [1.165, 1.54) is 24.2 Å². The van der Waals surface area contributed by atoms with Crippen molar-refractivity contribution in [3.8, 4) is 0 Å². The van der Waals surface area contributed by atoms with Crippen molar-refractivity contribution in [3.05, 3.63) is 0 Å². The van der Waals surface area contributed by atoms with Crippen molar-refractivity contribution in [1.82, 2.24) is 10.2 Å². The van der Waals surface area contributed by atoms with E-state index in [1.807, 2.05) is 0 Å². The van der Waals surface area contributed by atoms with E-state index in [0.717, 1.165) is 12.8 Å². The molecule has 0 aliphatic heterocycles. The summed E-state index contributed by atoms with van der Waals surface area (Å²) in [6.45, 7) is 2.10. The normalized spacial score (nSPS) is 16.4. The Balaban J connectivity index is 2.28. The Morgan fingerprint density at radius 1 is 1.29 bits per heavy atom. The van der Waals surface area contributed by atoms with Crippen LogP contribution in [0.4, 0.5) is 4.79 Å². The fourth-order valence-electron chi connectivity index (χ4n) is 2.00. The van der Waals surface area contributed by atoms with Crippen LogP contribution in [-0.4, -0.2) is 43.1 Å². The summed E-state index contributed by atoms with van der Waals surface area (Å²) in [7, 11) is 1.61. The Bertz CT molecular complexity index is 262. The second-order valence-electron chi connectivity index (χ2n) is 4.45. The highest BCUT2D eigenvalue weighted by Gasteiger charge is 2.19. The minimum absolute atomic E-state index is 0.00634. The third-order valence-electron chi connectivity index (χ3n) is 2.95. The van der Waals surface area contributed by atoms with Gasteiger partial charge in [0.2, 0.25) is 0 Å². The van der Waals surface area contributed by atoms with E-state index in [0.29, 0.717) is 6.61 Å². The first-order chi connectivity index (χ1) is 8.13. The number of nitrogens with zero attached hydrogens (tertiary/aromatic N) is 1. The fraction of sp³-hybridized carbons (Fsp3) is 0.833. The highest BCUT2D eigenvalue weighted by Crippen LogP contribution is 2.17. The first-order valence-corrected chi connectivity index (χ1v) is 6.30. The molecule has 1 aliphatic rings. The first kappa shape index (κ1) is 13.8. The lowest BCUT2D eigenvalue weighted by Gasteiger charge is -2.25. The van der Waals surface area contributed by atoms with E-state index in [2.05, 4.69) is 5.32 Å². The second kappa shape index (κ2) is 7.14. The topological polar surface area (TPSA) is 58.6 Å². The summed E-state index contributed by atoms with van der Waals surface area (Å²) >= 11 is 0. The molecule has 0 bridgehead atoms. The summed E-state index contributed by atoms with van der Waals surface area (Å²) in [4.78, 5) is 24.3. The van der Waals surface area contributed by atoms with E-state index in [4.69, 9.17) is 4.74 Å². The SMILES string of the molecule is CCOC(=O)CN(C)C(=O)NC1CCCCC1. The van der Waals surface area contributed by atoms with E-state index in [-0.39, 0.29) is 24.6 Å².